The zero-order chi connectivity index (χ0) is 15.3. The van der Waals surface area contributed by atoms with Crippen LogP contribution >= 0.6 is 0 Å². The van der Waals surface area contributed by atoms with Crippen LogP contribution in [-0.4, -0.2) is 19.9 Å². The van der Waals surface area contributed by atoms with Crippen LogP contribution in [0.4, 0.5) is 5.69 Å². The number of sulfonamides is 1. The molecule has 1 heterocycles. The summed E-state index contributed by atoms with van der Waals surface area (Å²) in [4.78, 5) is 4.17. The summed E-state index contributed by atoms with van der Waals surface area (Å²) in [6.07, 6.45) is 2.56. The van der Waals surface area contributed by atoms with E-state index in [2.05, 4.69) is 21.9 Å². The summed E-state index contributed by atoms with van der Waals surface area (Å²) < 4.78 is 32.0. The average molecular weight is 309 g/mol. The van der Waals surface area contributed by atoms with Gasteiger partial charge in [-0.3, -0.25) is 0 Å². The van der Waals surface area contributed by atoms with Gasteiger partial charge in [0.2, 0.25) is 15.9 Å². The Kier molecular flexibility index (Phi) is 4.98. The van der Waals surface area contributed by atoms with Gasteiger partial charge in [0.1, 0.15) is 5.76 Å². The number of anilines is 1. The van der Waals surface area contributed by atoms with E-state index < -0.39 is 10.0 Å². The standard InChI is InChI=1S/C14H19N3O3S/c1-3-8-15-12-4-6-13(7-5-12)21(18,19)17-10-14-16-9-11(2)20-14/h4-7,9,15,17H,3,8,10H2,1-2H3. The minimum absolute atomic E-state index is 0.0337. The fourth-order valence-electron chi connectivity index (χ4n) is 1.74. The molecule has 0 radical (unpaired) electrons. The Labute approximate surface area is 124 Å². The summed E-state index contributed by atoms with van der Waals surface area (Å²) in [6, 6.07) is 6.64. The van der Waals surface area contributed by atoms with E-state index in [0.717, 1.165) is 18.7 Å². The van der Waals surface area contributed by atoms with Crippen LogP contribution in [0.25, 0.3) is 0 Å². The maximum absolute atomic E-state index is 12.1. The Morgan fingerprint density at radius 3 is 2.52 bits per heavy atom. The Morgan fingerprint density at radius 2 is 1.95 bits per heavy atom. The second-order valence-corrected chi connectivity index (χ2v) is 6.41. The highest BCUT2D eigenvalue weighted by molar-refractivity contribution is 7.89. The molecule has 0 amide bonds. The van der Waals surface area contributed by atoms with E-state index >= 15 is 0 Å². The Morgan fingerprint density at radius 1 is 1.24 bits per heavy atom. The third kappa shape index (κ3) is 4.30. The molecule has 0 spiro atoms. The zero-order valence-electron chi connectivity index (χ0n) is 12.1. The van der Waals surface area contributed by atoms with Gasteiger partial charge in [-0.05, 0) is 37.6 Å². The lowest BCUT2D eigenvalue weighted by Gasteiger charge is -2.07. The summed E-state index contributed by atoms with van der Waals surface area (Å²) in [5.41, 5.74) is 0.902. The van der Waals surface area contributed by atoms with Crippen molar-refractivity contribution in [2.75, 3.05) is 11.9 Å². The fraction of sp³-hybridized carbons (Fsp3) is 0.357. The lowest BCUT2D eigenvalue weighted by atomic mass is 10.3. The monoisotopic (exact) mass is 309 g/mol. The number of benzene rings is 1. The molecule has 0 aliphatic rings. The first-order valence-electron chi connectivity index (χ1n) is 6.76. The van der Waals surface area contributed by atoms with Gasteiger partial charge in [-0.2, -0.15) is 0 Å². The van der Waals surface area contributed by atoms with Crippen LogP contribution in [0.1, 0.15) is 25.0 Å². The van der Waals surface area contributed by atoms with Crippen molar-refractivity contribution in [2.24, 2.45) is 0 Å². The number of nitrogens with zero attached hydrogens (tertiary/aromatic N) is 1. The van der Waals surface area contributed by atoms with Gasteiger partial charge in [0, 0.05) is 12.2 Å². The molecule has 0 saturated carbocycles. The molecule has 114 valence electrons. The fourth-order valence-corrected chi connectivity index (χ4v) is 2.72. The Hall–Kier alpha value is -1.86. The van der Waals surface area contributed by atoms with Crippen molar-refractivity contribution in [3.05, 3.63) is 42.1 Å². The zero-order valence-corrected chi connectivity index (χ0v) is 12.9. The lowest BCUT2D eigenvalue weighted by Crippen LogP contribution is -2.23. The number of aromatic nitrogens is 1. The van der Waals surface area contributed by atoms with E-state index in [9.17, 15) is 8.42 Å². The van der Waals surface area contributed by atoms with Crippen molar-refractivity contribution < 1.29 is 12.8 Å². The van der Waals surface area contributed by atoms with Crippen molar-refractivity contribution in [1.29, 1.82) is 0 Å². The molecule has 2 aromatic rings. The molecule has 21 heavy (non-hydrogen) atoms. The predicted molar refractivity (Wildman–Crippen MR) is 80.5 cm³/mol. The van der Waals surface area contributed by atoms with Crippen molar-refractivity contribution in [3.8, 4) is 0 Å². The van der Waals surface area contributed by atoms with Crippen molar-refractivity contribution in [2.45, 2.75) is 31.7 Å². The van der Waals surface area contributed by atoms with Crippen LogP contribution in [0.3, 0.4) is 0 Å². The third-order valence-corrected chi connectivity index (χ3v) is 4.24. The molecule has 2 N–H and O–H groups in total. The third-order valence-electron chi connectivity index (χ3n) is 2.83. The van der Waals surface area contributed by atoms with Gasteiger partial charge in [-0.1, -0.05) is 6.92 Å². The van der Waals surface area contributed by atoms with Gasteiger partial charge in [0.15, 0.2) is 0 Å². The molecule has 0 atom stereocenters. The molecular formula is C14H19N3O3S. The quantitative estimate of drug-likeness (QED) is 0.819. The van der Waals surface area contributed by atoms with E-state index in [1.165, 1.54) is 0 Å². The van der Waals surface area contributed by atoms with E-state index in [1.807, 2.05) is 0 Å². The van der Waals surface area contributed by atoms with Crippen LogP contribution in [0, 0.1) is 6.92 Å². The second kappa shape index (κ2) is 6.73. The molecular weight excluding hydrogens is 290 g/mol. The normalized spacial score (nSPS) is 11.5. The van der Waals surface area contributed by atoms with Gasteiger partial charge >= 0.3 is 0 Å². The number of hydrogen-bond donors (Lipinski definition) is 2. The highest BCUT2D eigenvalue weighted by atomic mass is 32.2. The molecule has 6 nitrogen and oxygen atoms in total. The summed E-state index contributed by atoms with van der Waals surface area (Å²) in [6.45, 7) is 4.72. The summed E-state index contributed by atoms with van der Waals surface area (Å²) in [7, 11) is -3.56. The van der Waals surface area contributed by atoms with Gasteiger partial charge in [0.25, 0.3) is 0 Å². The number of oxazole rings is 1. The Bertz CT molecular complexity index is 678. The first kappa shape index (κ1) is 15.5. The van der Waals surface area contributed by atoms with Crippen molar-refractivity contribution >= 4 is 15.7 Å². The summed E-state index contributed by atoms with van der Waals surface area (Å²) in [5, 5.41) is 3.19. The van der Waals surface area contributed by atoms with Gasteiger partial charge in [0.05, 0.1) is 17.6 Å². The maximum atomic E-state index is 12.1. The molecule has 1 aromatic carbocycles. The number of hydrogen-bond acceptors (Lipinski definition) is 5. The van der Waals surface area contributed by atoms with Crippen molar-refractivity contribution in [1.82, 2.24) is 9.71 Å². The SMILES string of the molecule is CCCNc1ccc(S(=O)(=O)NCc2ncc(C)o2)cc1. The average Bonchev–Trinajstić information content (AvgIpc) is 2.89. The topological polar surface area (TPSA) is 84.2 Å². The Balaban J connectivity index is 2.01. The number of rotatable bonds is 7. The summed E-state index contributed by atoms with van der Waals surface area (Å²) in [5.74, 6) is 0.993. The first-order chi connectivity index (χ1) is 10.0. The molecule has 0 saturated heterocycles. The molecule has 0 aliphatic heterocycles. The van der Waals surface area contributed by atoms with E-state index in [0.29, 0.717) is 11.7 Å². The number of aryl methyl sites for hydroxylation is 1. The maximum Gasteiger partial charge on any atom is 0.241 e. The smallest absolute Gasteiger partial charge is 0.241 e. The van der Waals surface area contributed by atoms with Crippen molar-refractivity contribution in [3.63, 3.8) is 0 Å². The molecule has 1 aromatic heterocycles. The van der Waals surface area contributed by atoms with E-state index in [4.69, 9.17) is 4.42 Å². The molecule has 2 rings (SSSR count). The highest BCUT2D eigenvalue weighted by Gasteiger charge is 2.14. The molecule has 0 unspecified atom stereocenters. The highest BCUT2D eigenvalue weighted by Crippen LogP contribution is 2.14. The number of nitrogens with one attached hydrogen (secondary N) is 2. The van der Waals surface area contributed by atoms with E-state index in [1.54, 1.807) is 37.4 Å². The summed E-state index contributed by atoms with van der Waals surface area (Å²) >= 11 is 0. The lowest BCUT2D eigenvalue weighted by molar-refractivity contribution is 0.463. The first-order valence-corrected chi connectivity index (χ1v) is 8.24. The minimum atomic E-state index is -3.56. The van der Waals surface area contributed by atoms with E-state index in [-0.39, 0.29) is 11.4 Å². The van der Waals surface area contributed by atoms with Gasteiger partial charge in [-0.25, -0.2) is 18.1 Å². The molecule has 0 fully saturated rings. The largest absolute Gasteiger partial charge is 0.445 e. The van der Waals surface area contributed by atoms with Crippen LogP contribution < -0.4 is 10.0 Å². The molecule has 0 aliphatic carbocycles. The van der Waals surface area contributed by atoms with Gasteiger partial charge in [-0.15, -0.1) is 0 Å². The predicted octanol–water partition coefficient (Wildman–Crippen LogP) is 2.28. The molecule has 0 bridgehead atoms. The van der Waals surface area contributed by atoms with Crippen LogP contribution in [-0.2, 0) is 16.6 Å². The van der Waals surface area contributed by atoms with Crippen LogP contribution in [0.5, 0.6) is 0 Å². The van der Waals surface area contributed by atoms with Gasteiger partial charge < -0.3 is 9.73 Å². The van der Waals surface area contributed by atoms with Crippen LogP contribution in [0.2, 0.25) is 0 Å². The minimum Gasteiger partial charge on any atom is -0.445 e. The van der Waals surface area contributed by atoms with Crippen LogP contribution in [0.15, 0.2) is 39.8 Å². The second-order valence-electron chi connectivity index (χ2n) is 4.64. The molecule has 7 heteroatoms.